The smallest absolute Gasteiger partial charge is 0.410 e. The lowest BCUT2D eigenvalue weighted by Crippen LogP contribution is -2.81. The summed E-state index contributed by atoms with van der Waals surface area (Å²) < 4.78 is 5.42. The van der Waals surface area contributed by atoms with Crippen LogP contribution in [0.15, 0.2) is 0 Å². The maximum atomic E-state index is 13.2. The molecule has 180 valence electrons. The molecule has 2 aliphatic heterocycles. The summed E-state index contributed by atoms with van der Waals surface area (Å²) in [6.07, 6.45) is -2.05. The van der Waals surface area contributed by atoms with E-state index in [1.807, 2.05) is 0 Å². The van der Waals surface area contributed by atoms with Gasteiger partial charge in [0.2, 0.25) is 17.7 Å². The molecule has 4 N–H and O–H groups in total. The first-order valence-corrected chi connectivity index (χ1v) is 10.5. The number of hydroxylamine groups is 2. The van der Waals surface area contributed by atoms with Crippen molar-refractivity contribution in [3.63, 3.8) is 0 Å². The second-order valence-electron chi connectivity index (χ2n) is 9.42. The zero-order chi connectivity index (χ0) is 24.4. The molecule has 0 aromatic heterocycles. The first-order chi connectivity index (χ1) is 14.7. The molecular weight excluding hydrogens is 422 g/mol. The molecular formula is C20H33N5O7. The van der Waals surface area contributed by atoms with Crippen LogP contribution >= 0.6 is 0 Å². The van der Waals surface area contributed by atoms with Crippen molar-refractivity contribution in [2.45, 2.75) is 64.7 Å². The highest BCUT2D eigenvalue weighted by molar-refractivity contribution is 5.97. The van der Waals surface area contributed by atoms with Crippen LogP contribution in [-0.4, -0.2) is 88.0 Å². The summed E-state index contributed by atoms with van der Waals surface area (Å²) in [5.74, 6) is -2.67. The summed E-state index contributed by atoms with van der Waals surface area (Å²) in [7, 11) is 0. The quantitative estimate of drug-likeness (QED) is 0.481. The molecule has 2 atom stereocenters. The van der Waals surface area contributed by atoms with E-state index < -0.39 is 41.1 Å². The number of nitrogens with two attached hydrogens (primary N) is 2. The van der Waals surface area contributed by atoms with Gasteiger partial charge in [-0.25, -0.2) is 9.86 Å². The molecule has 0 aromatic carbocycles. The van der Waals surface area contributed by atoms with Crippen molar-refractivity contribution in [2.75, 3.05) is 26.2 Å². The zero-order valence-electron chi connectivity index (χ0n) is 19.3. The second-order valence-corrected chi connectivity index (χ2v) is 9.42. The molecule has 32 heavy (non-hydrogen) atoms. The SMILES string of the molecule is CC(C)C(=O)N1CCN(C(=O)OC(C)(C)C)CC12CN(OC(CCC(N)=O)C(N)=O)C2=O. The Morgan fingerprint density at radius 1 is 1.09 bits per heavy atom. The molecule has 12 heteroatoms. The lowest BCUT2D eigenvalue weighted by molar-refractivity contribution is -0.259. The van der Waals surface area contributed by atoms with Crippen LogP contribution in [0, 0.1) is 5.92 Å². The number of ether oxygens (including phenoxy) is 1. The molecule has 0 aromatic rings. The lowest BCUT2D eigenvalue weighted by Gasteiger charge is -2.57. The number of β-lactam (4-membered cyclic amide) rings is 1. The highest BCUT2D eigenvalue weighted by Gasteiger charge is 2.62. The first kappa shape index (κ1) is 25.4. The van der Waals surface area contributed by atoms with Gasteiger partial charge in [0, 0.05) is 25.4 Å². The predicted octanol–water partition coefficient (Wildman–Crippen LogP) is -0.646. The number of primary amides is 2. The number of nitrogens with zero attached hydrogens (tertiary/aromatic N) is 3. The van der Waals surface area contributed by atoms with Crippen molar-refractivity contribution < 1.29 is 33.5 Å². The number of amides is 5. The molecule has 0 aliphatic carbocycles. The minimum Gasteiger partial charge on any atom is -0.444 e. The number of hydrogen-bond donors (Lipinski definition) is 2. The van der Waals surface area contributed by atoms with E-state index in [4.69, 9.17) is 21.0 Å². The van der Waals surface area contributed by atoms with Gasteiger partial charge in [-0.05, 0) is 27.2 Å². The van der Waals surface area contributed by atoms with Gasteiger partial charge in [0.1, 0.15) is 5.60 Å². The summed E-state index contributed by atoms with van der Waals surface area (Å²) >= 11 is 0. The number of rotatable bonds is 7. The van der Waals surface area contributed by atoms with Crippen molar-refractivity contribution in [3.8, 4) is 0 Å². The van der Waals surface area contributed by atoms with Gasteiger partial charge in [-0.1, -0.05) is 13.8 Å². The van der Waals surface area contributed by atoms with E-state index in [1.165, 1.54) is 9.80 Å². The van der Waals surface area contributed by atoms with E-state index in [0.29, 0.717) is 0 Å². The van der Waals surface area contributed by atoms with Crippen LogP contribution < -0.4 is 11.5 Å². The van der Waals surface area contributed by atoms with E-state index >= 15 is 0 Å². The molecule has 2 fully saturated rings. The van der Waals surface area contributed by atoms with Gasteiger partial charge >= 0.3 is 6.09 Å². The van der Waals surface area contributed by atoms with Crippen molar-refractivity contribution >= 4 is 29.7 Å². The van der Waals surface area contributed by atoms with Crippen LogP contribution in [0.3, 0.4) is 0 Å². The number of carbonyl (C=O) groups excluding carboxylic acids is 5. The first-order valence-electron chi connectivity index (χ1n) is 10.5. The Bertz CT molecular complexity index is 794. The maximum Gasteiger partial charge on any atom is 0.410 e. The Morgan fingerprint density at radius 2 is 1.72 bits per heavy atom. The van der Waals surface area contributed by atoms with Crippen LogP contribution in [0.1, 0.15) is 47.5 Å². The van der Waals surface area contributed by atoms with Crippen LogP contribution in [-0.2, 0) is 28.8 Å². The van der Waals surface area contributed by atoms with Crippen molar-refractivity contribution in [2.24, 2.45) is 17.4 Å². The van der Waals surface area contributed by atoms with E-state index in [-0.39, 0.29) is 50.8 Å². The number of hydrogen-bond acceptors (Lipinski definition) is 7. The van der Waals surface area contributed by atoms with Crippen LogP contribution in [0.25, 0.3) is 0 Å². The minimum atomic E-state index is -1.33. The van der Waals surface area contributed by atoms with E-state index in [2.05, 4.69) is 0 Å². The van der Waals surface area contributed by atoms with Crippen molar-refractivity contribution in [1.82, 2.24) is 14.9 Å². The average molecular weight is 456 g/mol. The molecule has 2 saturated heterocycles. The Kier molecular flexibility index (Phi) is 7.38. The fourth-order valence-electron chi connectivity index (χ4n) is 3.63. The highest BCUT2D eigenvalue weighted by atomic mass is 16.7. The Balaban J connectivity index is 2.21. The van der Waals surface area contributed by atoms with Crippen LogP contribution in [0.4, 0.5) is 4.79 Å². The molecule has 2 unspecified atom stereocenters. The molecule has 2 rings (SSSR count). The highest BCUT2D eigenvalue weighted by Crippen LogP contribution is 2.35. The summed E-state index contributed by atoms with van der Waals surface area (Å²) in [5, 5.41) is 0.940. The molecule has 0 radical (unpaired) electrons. The topological polar surface area (TPSA) is 166 Å². The van der Waals surface area contributed by atoms with Gasteiger partial charge in [-0.2, -0.15) is 0 Å². The summed E-state index contributed by atoms with van der Waals surface area (Å²) in [4.78, 5) is 69.6. The molecule has 0 saturated carbocycles. The molecule has 0 bridgehead atoms. The molecule has 5 amide bonds. The van der Waals surface area contributed by atoms with Gasteiger partial charge in [-0.15, -0.1) is 0 Å². The Morgan fingerprint density at radius 3 is 2.19 bits per heavy atom. The van der Waals surface area contributed by atoms with Crippen LogP contribution in [0.5, 0.6) is 0 Å². The fraction of sp³-hybridized carbons (Fsp3) is 0.750. The van der Waals surface area contributed by atoms with Crippen molar-refractivity contribution in [3.05, 3.63) is 0 Å². The fourth-order valence-corrected chi connectivity index (χ4v) is 3.63. The molecule has 2 heterocycles. The zero-order valence-corrected chi connectivity index (χ0v) is 19.3. The largest absolute Gasteiger partial charge is 0.444 e. The van der Waals surface area contributed by atoms with Gasteiger partial charge in [0.15, 0.2) is 11.6 Å². The Labute approximate surface area is 187 Å². The number of piperazine rings is 1. The summed E-state index contributed by atoms with van der Waals surface area (Å²) in [6.45, 7) is 8.88. The van der Waals surface area contributed by atoms with E-state index in [9.17, 15) is 24.0 Å². The summed E-state index contributed by atoms with van der Waals surface area (Å²) in [5.41, 5.74) is 8.37. The minimum absolute atomic E-state index is 0.0655. The lowest BCUT2D eigenvalue weighted by atomic mass is 9.84. The molecule has 12 nitrogen and oxygen atoms in total. The predicted molar refractivity (Wildman–Crippen MR) is 111 cm³/mol. The average Bonchev–Trinajstić information content (AvgIpc) is 2.67. The molecule has 2 aliphatic rings. The third-order valence-electron chi connectivity index (χ3n) is 5.23. The van der Waals surface area contributed by atoms with Crippen LogP contribution in [0.2, 0.25) is 0 Å². The van der Waals surface area contributed by atoms with Gasteiger partial charge in [0.25, 0.3) is 5.91 Å². The second kappa shape index (κ2) is 9.31. The third kappa shape index (κ3) is 5.47. The van der Waals surface area contributed by atoms with E-state index in [1.54, 1.807) is 34.6 Å². The number of carbonyl (C=O) groups is 5. The standard InChI is InChI=1S/C20H33N5O7/c1-12(2)16(28)24-9-8-23(18(30)31-19(3,4)5)10-20(24)11-25(17(20)29)32-13(15(22)27)6-7-14(21)26/h12-13H,6-11H2,1-5H3,(H2,21,26)(H2,22,27). The van der Waals surface area contributed by atoms with E-state index in [0.717, 1.165) is 5.06 Å². The summed E-state index contributed by atoms with van der Waals surface area (Å²) in [6, 6.07) is 0. The van der Waals surface area contributed by atoms with Gasteiger partial charge in [-0.3, -0.25) is 24.0 Å². The molecule has 1 spiro atoms. The third-order valence-corrected chi connectivity index (χ3v) is 5.23. The van der Waals surface area contributed by atoms with Gasteiger partial charge in [0.05, 0.1) is 13.1 Å². The van der Waals surface area contributed by atoms with Gasteiger partial charge < -0.3 is 26.0 Å². The van der Waals surface area contributed by atoms with Crippen molar-refractivity contribution in [1.29, 1.82) is 0 Å². The normalized spacial score (nSPS) is 22.1. The maximum absolute atomic E-state index is 13.2. The Hall–Kier alpha value is -2.89. The monoisotopic (exact) mass is 455 g/mol.